The summed E-state index contributed by atoms with van der Waals surface area (Å²) in [7, 11) is 1.64. The van der Waals surface area contributed by atoms with Crippen LogP contribution < -0.4 is 11.1 Å². The van der Waals surface area contributed by atoms with Crippen LogP contribution in [0.25, 0.3) is 0 Å². The van der Waals surface area contributed by atoms with Gasteiger partial charge in [-0.3, -0.25) is 9.69 Å². The number of likely N-dealkylation sites (N-methyl/N-ethyl adjacent to an activating group) is 1. The minimum absolute atomic E-state index is 0.00879. The van der Waals surface area contributed by atoms with Crippen molar-refractivity contribution in [3.63, 3.8) is 0 Å². The predicted octanol–water partition coefficient (Wildman–Crippen LogP) is 1.19. The van der Waals surface area contributed by atoms with Crippen molar-refractivity contribution in [1.29, 1.82) is 0 Å². The number of carbonyl (C=O) groups is 1. The normalized spacial score (nSPS) is 16.0. The first-order valence-corrected chi connectivity index (χ1v) is 6.06. The Morgan fingerprint density at radius 3 is 2.89 bits per heavy atom. The van der Waals surface area contributed by atoms with E-state index in [1.165, 1.54) is 0 Å². The van der Waals surface area contributed by atoms with E-state index in [0.717, 1.165) is 29.9 Å². The van der Waals surface area contributed by atoms with E-state index in [4.69, 9.17) is 10.5 Å². The van der Waals surface area contributed by atoms with E-state index in [-0.39, 0.29) is 5.91 Å². The van der Waals surface area contributed by atoms with Gasteiger partial charge in [0.05, 0.1) is 13.2 Å². The second-order valence-electron chi connectivity index (χ2n) is 4.49. The highest BCUT2D eigenvalue weighted by Crippen LogP contribution is 2.27. The molecular weight excluding hydrogens is 230 g/mol. The molecule has 0 aromatic heterocycles. The maximum atomic E-state index is 11.7. The quantitative estimate of drug-likeness (QED) is 0.790. The summed E-state index contributed by atoms with van der Waals surface area (Å²) in [6.07, 6.45) is 0. The molecule has 5 nitrogen and oxygen atoms in total. The van der Waals surface area contributed by atoms with Gasteiger partial charge in [0, 0.05) is 30.6 Å². The lowest BCUT2D eigenvalue weighted by atomic mass is 10.1. The Morgan fingerprint density at radius 1 is 1.44 bits per heavy atom. The third kappa shape index (κ3) is 2.63. The van der Waals surface area contributed by atoms with Crippen LogP contribution in [0.1, 0.15) is 18.1 Å². The summed E-state index contributed by atoms with van der Waals surface area (Å²) in [4.78, 5) is 13.8. The van der Waals surface area contributed by atoms with Crippen molar-refractivity contribution in [2.24, 2.45) is 0 Å². The van der Waals surface area contributed by atoms with E-state index in [0.29, 0.717) is 18.8 Å². The summed E-state index contributed by atoms with van der Waals surface area (Å²) in [6.45, 7) is 4.55. The van der Waals surface area contributed by atoms with Crippen molar-refractivity contribution < 1.29 is 9.53 Å². The molecule has 2 rings (SSSR count). The standard InChI is InChI=1S/C13H19N3O2/c1-3-16-6-9-4-10(8-18-2)11(14)5-12(9)15-13(17)7-16/h4-5H,3,6-8,14H2,1-2H3,(H,15,17). The van der Waals surface area contributed by atoms with E-state index in [2.05, 4.69) is 10.2 Å². The van der Waals surface area contributed by atoms with Crippen LogP contribution in [-0.2, 0) is 22.7 Å². The topological polar surface area (TPSA) is 67.6 Å². The maximum Gasteiger partial charge on any atom is 0.238 e. The molecule has 0 aliphatic carbocycles. The molecule has 0 unspecified atom stereocenters. The van der Waals surface area contributed by atoms with Crippen molar-refractivity contribution in [2.45, 2.75) is 20.1 Å². The zero-order valence-electron chi connectivity index (χ0n) is 10.8. The Hall–Kier alpha value is -1.59. The van der Waals surface area contributed by atoms with Crippen LogP contribution in [0.5, 0.6) is 0 Å². The molecule has 0 atom stereocenters. The van der Waals surface area contributed by atoms with Crippen molar-refractivity contribution in [1.82, 2.24) is 4.90 Å². The molecule has 18 heavy (non-hydrogen) atoms. The molecular formula is C13H19N3O2. The Labute approximate surface area is 107 Å². The number of nitrogens with zero attached hydrogens (tertiary/aromatic N) is 1. The molecule has 1 amide bonds. The largest absolute Gasteiger partial charge is 0.398 e. The highest BCUT2D eigenvalue weighted by molar-refractivity contribution is 5.94. The third-order valence-corrected chi connectivity index (χ3v) is 3.15. The van der Waals surface area contributed by atoms with E-state index in [1.807, 2.05) is 19.1 Å². The van der Waals surface area contributed by atoms with Gasteiger partial charge in [0.1, 0.15) is 0 Å². The zero-order chi connectivity index (χ0) is 13.1. The van der Waals surface area contributed by atoms with Crippen molar-refractivity contribution >= 4 is 17.3 Å². The van der Waals surface area contributed by atoms with Crippen molar-refractivity contribution in [2.75, 3.05) is 31.2 Å². The summed E-state index contributed by atoms with van der Waals surface area (Å²) in [5.74, 6) is 0.00879. The van der Waals surface area contributed by atoms with Gasteiger partial charge in [-0.25, -0.2) is 0 Å². The summed E-state index contributed by atoms with van der Waals surface area (Å²) < 4.78 is 5.12. The molecule has 1 aliphatic rings. The van der Waals surface area contributed by atoms with Gasteiger partial charge in [-0.2, -0.15) is 0 Å². The first-order chi connectivity index (χ1) is 8.63. The molecule has 0 spiro atoms. The average Bonchev–Trinajstić information content (AvgIpc) is 2.48. The maximum absolute atomic E-state index is 11.7. The second kappa shape index (κ2) is 5.37. The summed E-state index contributed by atoms with van der Waals surface area (Å²) in [5, 5.41) is 2.90. The SMILES string of the molecule is CCN1CC(=O)Nc2cc(N)c(COC)cc2C1. The number of nitrogen functional groups attached to an aromatic ring is 1. The average molecular weight is 249 g/mol. The van der Waals surface area contributed by atoms with Gasteiger partial charge < -0.3 is 15.8 Å². The molecule has 1 heterocycles. The molecule has 98 valence electrons. The van der Waals surface area contributed by atoms with E-state index < -0.39 is 0 Å². The number of amides is 1. The summed E-state index contributed by atoms with van der Waals surface area (Å²) in [6, 6.07) is 3.84. The van der Waals surface area contributed by atoms with Crippen molar-refractivity contribution in [3.05, 3.63) is 23.3 Å². The number of ether oxygens (including phenoxy) is 1. The lowest BCUT2D eigenvalue weighted by Crippen LogP contribution is -2.29. The van der Waals surface area contributed by atoms with Crippen LogP contribution in [-0.4, -0.2) is 31.0 Å². The molecule has 0 radical (unpaired) electrons. The predicted molar refractivity (Wildman–Crippen MR) is 71.1 cm³/mol. The van der Waals surface area contributed by atoms with Gasteiger partial charge in [0.25, 0.3) is 0 Å². The fourth-order valence-corrected chi connectivity index (χ4v) is 2.15. The van der Waals surface area contributed by atoms with E-state index in [1.54, 1.807) is 7.11 Å². The van der Waals surface area contributed by atoms with Gasteiger partial charge in [-0.15, -0.1) is 0 Å². The molecule has 1 aromatic carbocycles. The molecule has 0 saturated carbocycles. The van der Waals surface area contributed by atoms with Crippen LogP contribution >= 0.6 is 0 Å². The Morgan fingerprint density at radius 2 is 2.22 bits per heavy atom. The van der Waals surface area contributed by atoms with Gasteiger partial charge in [-0.1, -0.05) is 6.92 Å². The second-order valence-corrected chi connectivity index (χ2v) is 4.49. The summed E-state index contributed by atoms with van der Waals surface area (Å²) in [5.41, 5.74) is 9.46. The smallest absolute Gasteiger partial charge is 0.238 e. The molecule has 1 aromatic rings. The molecule has 1 aliphatic heterocycles. The number of rotatable bonds is 3. The van der Waals surface area contributed by atoms with Crippen LogP contribution in [0.4, 0.5) is 11.4 Å². The number of hydrogen-bond donors (Lipinski definition) is 2. The number of nitrogens with two attached hydrogens (primary N) is 1. The Kier molecular flexibility index (Phi) is 3.84. The van der Waals surface area contributed by atoms with Crippen LogP contribution in [0.15, 0.2) is 12.1 Å². The molecule has 3 N–H and O–H groups in total. The first-order valence-electron chi connectivity index (χ1n) is 6.06. The lowest BCUT2D eigenvalue weighted by molar-refractivity contribution is -0.117. The van der Waals surface area contributed by atoms with Crippen LogP contribution in [0, 0.1) is 0 Å². The number of anilines is 2. The Bertz CT molecular complexity index is 460. The summed E-state index contributed by atoms with van der Waals surface area (Å²) >= 11 is 0. The minimum Gasteiger partial charge on any atom is -0.398 e. The number of benzene rings is 1. The molecule has 0 fully saturated rings. The van der Waals surface area contributed by atoms with Gasteiger partial charge in [0.15, 0.2) is 0 Å². The van der Waals surface area contributed by atoms with Gasteiger partial charge in [0.2, 0.25) is 5.91 Å². The molecule has 5 heteroatoms. The number of fused-ring (bicyclic) bond motifs is 1. The van der Waals surface area contributed by atoms with Gasteiger partial charge >= 0.3 is 0 Å². The van der Waals surface area contributed by atoms with Crippen LogP contribution in [0.3, 0.4) is 0 Å². The van der Waals surface area contributed by atoms with E-state index in [9.17, 15) is 4.79 Å². The van der Waals surface area contributed by atoms with Gasteiger partial charge in [-0.05, 0) is 24.2 Å². The molecule has 0 saturated heterocycles. The minimum atomic E-state index is 0.00879. The third-order valence-electron chi connectivity index (χ3n) is 3.15. The zero-order valence-corrected chi connectivity index (χ0v) is 10.8. The first kappa shape index (κ1) is 12.9. The number of carbonyl (C=O) groups excluding carboxylic acids is 1. The Balaban J connectivity index is 2.38. The highest BCUT2D eigenvalue weighted by Gasteiger charge is 2.19. The fourth-order valence-electron chi connectivity index (χ4n) is 2.15. The fraction of sp³-hybridized carbons (Fsp3) is 0.462. The van der Waals surface area contributed by atoms with E-state index >= 15 is 0 Å². The monoisotopic (exact) mass is 249 g/mol. The molecule has 0 bridgehead atoms. The lowest BCUT2D eigenvalue weighted by Gasteiger charge is -2.17. The number of nitrogens with one attached hydrogen (secondary N) is 1. The van der Waals surface area contributed by atoms with Crippen molar-refractivity contribution in [3.8, 4) is 0 Å². The number of methoxy groups -OCH3 is 1. The highest BCUT2D eigenvalue weighted by atomic mass is 16.5. The number of hydrogen-bond acceptors (Lipinski definition) is 4. The van der Waals surface area contributed by atoms with Crippen LogP contribution in [0.2, 0.25) is 0 Å².